The highest BCUT2D eigenvalue weighted by molar-refractivity contribution is 7.99. The summed E-state index contributed by atoms with van der Waals surface area (Å²) in [5.74, 6) is 1.25. The summed E-state index contributed by atoms with van der Waals surface area (Å²) in [6.07, 6.45) is 9.42. The summed E-state index contributed by atoms with van der Waals surface area (Å²) in [7, 11) is 0. The first kappa shape index (κ1) is 23.6. The lowest BCUT2D eigenvalue weighted by molar-refractivity contribution is -0.134. The second-order valence-corrected chi connectivity index (χ2v) is 9.00. The minimum Gasteiger partial charge on any atom is -0.425 e. The van der Waals surface area contributed by atoms with Crippen molar-refractivity contribution in [2.24, 2.45) is 5.92 Å². The van der Waals surface area contributed by atoms with Crippen molar-refractivity contribution in [3.63, 3.8) is 0 Å². The summed E-state index contributed by atoms with van der Waals surface area (Å²) >= 11 is 7.93. The molecule has 0 spiro atoms. The molecule has 2 aromatic rings. The fourth-order valence-electron chi connectivity index (χ4n) is 2.71. The lowest BCUT2D eigenvalue weighted by Crippen LogP contribution is -2.25. The number of carbonyl (C=O) groups excluding carboxylic acids is 1. The molecule has 29 heavy (non-hydrogen) atoms. The molecule has 0 heterocycles. The van der Waals surface area contributed by atoms with Crippen LogP contribution in [0.15, 0.2) is 65.6 Å². The average Bonchev–Trinajstić information content (AvgIpc) is 2.73. The van der Waals surface area contributed by atoms with Crippen molar-refractivity contribution in [2.45, 2.75) is 56.7 Å². The first-order chi connectivity index (χ1) is 14.0. The number of esters is 1. The van der Waals surface area contributed by atoms with Crippen LogP contribution in [0.25, 0.3) is 11.1 Å². The van der Waals surface area contributed by atoms with Crippen LogP contribution < -0.4 is 4.74 Å². The highest BCUT2D eigenvalue weighted by Gasteiger charge is 2.21. The molecule has 2 nitrogen and oxygen atoms in total. The van der Waals surface area contributed by atoms with Crippen molar-refractivity contribution >= 4 is 29.3 Å². The van der Waals surface area contributed by atoms with Gasteiger partial charge in [0.25, 0.3) is 0 Å². The van der Waals surface area contributed by atoms with Crippen molar-refractivity contribution in [1.82, 2.24) is 0 Å². The number of ether oxygens (including phenoxy) is 1. The predicted molar refractivity (Wildman–Crippen MR) is 126 cm³/mol. The number of unbranched alkanes of at least 4 members (excludes halogenated alkanes) is 2. The van der Waals surface area contributed by atoms with Gasteiger partial charge in [0.15, 0.2) is 0 Å². The smallest absolute Gasteiger partial charge is 0.329 e. The molecule has 0 amide bonds. The molecule has 0 saturated heterocycles. The van der Waals surface area contributed by atoms with E-state index in [9.17, 15) is 4.79 Å². The van der Waals surface area contributed by atoms with E-state index < -0.39 is 11.3 Å². The summed E-state index contributed by atoms with van der Waals surface area (Å²) < 4.78 is 5.35. The molecule has 0 aliphatic carbocycles. The van der Waals surface area contributed by atoms with E-state index in [0.29, 0.717) is 5.75 Å². The van der Waals surface area contributed by atoms with Gasteiger partial charge in [0.1, 0.15) is 11.1 Å². The normalized spacial score (nSPS) is 12.4. The molecule has 0 aromatic heterocycles. The van der Waals surface area contributed by atoms with Crippen LogP contribution in [0.4, 0.5) is 0 Å². The van der Waals surface area contributed by atoms with E-state index in [2.05, 4.69) is 43.3 Å². The quantitative estimate of drug-likeness (QED) is 0.0909. The Morgan fingerprint density at radius 2 is 1.59 bits per heavy atom. The van der Waals surface area contributed by atoms with Gasteiger partial charge in [-0.2, -0.15) is 0 Å². The molecule has 0 saturated carbocycles. The van der Waals surface area contributed by atoms with Crippen molar-refractivity contribution in [3.8, 4) is 16.9 Å². The van der Waals surface area contributed by atoms with E-state index in [0.717, 1.165) is 23.3 Å². The standard InChI is InChI=1S/C25H31ClO2S/c1-4-5-6-7-8-9-18-29-23-16-12-21(13-17-23)20-10-14-22(15-11-20)28-25(27)24(26)19(2)3/h7-8,10-17,19,24H,4-6,9,18H2,1-3H3/b8-7+/t24-/m0/s1. The molecule has 4 heteroatoms. The zero-order valence-electron chi connectivity index (χ0n) is 17.6. The number of allylic oxidation sites excluding steroid dienone is 2. The van der Waals surface area contributed by atoms with E-state index >= 15 is 0 Å². The van der Waals surface area contributed by atoms with Crippen LogP contribution in [-0.4, -0.2) is 17.1 Å². The molecule has 156 valence electrons. The zero-order valence-corrected chi connectivity index (χ0v) is 19.1. The first-order valence-corrected chi connectivity index (χ1v) is 11.8. The third-order valence-corrected chi connectivity index (χ3v) is 6.24. The molecule has 0 aliphatic rings. The highest BCUT2D eigenvalue weighted by atomic mass is 35.5. The topological polar surface area (TPSA) is 26.3 Å². The lowest BCUT2D eigenvalue weighted by atomic mass is 10.1. The van der Waals surface area contributed by atoms with Gasteiger partial charge >= 0.3 is 5.97 Å². The van der Waals surface area contributed by atoms with Crippen molar-refractivity contribution < 1.29 is 9.53 Å². The van der Waals surface area contributed by atoms with Gasteiger partial charge in [0.05, 0.1) is 0 Å². The minimum atomic E-state index is -0.633. The van der Waals surface area contributed by atoms with Crippen LogP contribution in [0.1, 0.15) is 46.5 Å². The highest BCUT2D eigenvalue weighted by Crippen LogP contribution is 2.26. The van der Waals surface area contributed by atoms with Crippen LogP contribution in [-0.2, 0) is 4.79 Å². The van der Waals surface area contributed by atoms with Crippen molar-refractivity contribution in [1.29, 1.82) is 0 Å². The predicted octanol–water partition coefficient (Wildman–Crippen LogP) is 7.75. The van der Waals surface area contributed by atoms with Gasteiger partial charge in [-0.3, -0.25) is 4.79 Å². The molecule has 2 aromatic carbocycles. The van der Waals surface area contributed by atoms with Gasteiger partial charge < -0.3 is 4.74 Å². The Hall–Kier alpha value is -1.71. The Labute approximate surface area is 184 Å². The maximum Gasteiger partial charge on any atom is 0.329 e. The van der Waals surface area contributed by atoms with Gasteiger partial charge in [0.2, 0.25) is 0 Å². The van der Waals surface area contributed by atoms with E-state index in [1.54, 1.807) is 0 Å². The lowest BCUT2D eigenvalue weighted by Gasteiger charge is -2.12. The number of rotatable bonds is 11. The Morgan fingerprint density at radius 3 is 2.17 bits per heavy atom. The molecule has 0 N–H and O–H groups in total. The summed E-state index contributed by atoms with van der Waals surface area (Å²) in [4.78, 5) is 13.2. The van der Waals surface area contributed by atoms with Gasteiger partial charge in [-0.1, -0.05) is 70.0 Å². The monoisotopic (exact) mass is 430 g/mol. The van der Waals surface area contributed by atoms with E-state index in [1.165, 1.54) is 24.2 Å². The fourth-order valence-corrected chi connectivity index (χ4v) is 3.57. The number of alkyl halides is 1. The van der Waals surface area contributed by atoms with Crippen LogP contribution in [0, 0.1) is 5.92 Å². The van der Waals surface area contributed by atoms with Crippen LogP contribution in [0.5, 0.6) is 5.75 Å². The molecule has 2 rings (SSSR count). The SMILES string of the molecule is CCCC/C=C/CCSc1ccc(-c2ccc(OC(=O)[C@@H](Cl)C(C)C)cc2)cc1. The third-order valence-electron chi connectivity index (χ3n) is 4.52. The molecule has 0 radical (unpaired) electrons. The van der Waals surface area contributed by atoms with E-state index in [-0.39, 0.29) is 5.92 Å². The Kier molecular flexibility index (Phi) is 10.4. The molecule has 0 unspecified atom stereocenters. The summed E-state index contributed by atoms with van der Waals surface area (Å²) in [5.41, 5.74) is 2.23. The fraction of sp³-hybridized carbons (Fsp3) is 0.400. The second kappa shape index (κ2) is 12.8. The zero-order chi connectivity index (χ0) is 21.1. The van der Waals surface area contributed by atoms with Gasteiger partial charge in [-0.15, -0.1) is 23.4 Å². The number of halogens is 1. The number of hydrogen-bond acceptors (Lipinski definition) is 3. The minimum absolute atomic E-state index is 0.0388. The van der Waals surface area contributed by atoms with Crippen molar-refractivity contribution in [2.75, 3.05) is 5.75 Å². The maximum atomic E-state index is 12.0. The summed E-state index contributed by atoms with van der Waals surface area (Å²) in [5, 5.41) is -0.633. The molecular formula is C25H31ClO2S. The largest absolute Gasteiger partial charge is 0.425 e. The van der Waals surface area contributed by atoms with E-state index in [1.807, 2.05) is 49.9 Å². The number of carbonyl (C=O) groups is 1. The molecule has 1 atom stereocenters. The van der Waals surface area contributed by atoms with E-state index in [4.69, 9.17) is 16.3 Å². The maximum absolute atomic E-state index is 12.0. The van der Waals surface area contributed by atoms with Crippen LogP contribution in [0.2, 0.25) is 0 Å². The Morgan fingerprint density at radius 1 is 1.00 bits per heavy atom. The number of hydrogen-bond donors (Lipinski definition) is 0. The Bertz CT molecular complexity index is 766. The molecular weight excluding hydrogens is 400 g/mol. The van der Waals surface area contributed by atoms with Crippen molar-refractivity contribution in [3.05, 3.63) is 60.7 Å². The summed E-state index contributed by atoms with van der Waals surface area (Å²) in [6, 6.07) is 16.1. The summed E-state index contributed by atoms with van der Waals surface area (Å²) in [6.45, 7) is 6.02. The third kappa shape index (κ3) is 8.28. The molecule has 0 bridgehead atoms. The number of benzene rings is 2. The first-order valence-electron chi connectivity index (χ1n) is 10.3. The number of thioether (sulfide) groups is 1. The average molecular weight is 431 g/mol. The van der Waals surface area contributed by atoms with Crippen LogP contribution >= 0.6 is 23.4 Å². The molecule has 0 aliphatic heterocycles. The van der Waals surface area contributed by atoms with Gasteiger partial charge in [-0.25, -0.2) is 0 Å². The Balaban J connectivity index is 1.85. The van der Waals surface area contributed by atoms with Crippen LogP contribution in [0.3, 0.4) is 0 Å². The molecule has 0 fully saturated rings. The van der Waals surface area contributed by atoms with Gasteiger partial charge in [-0.05, 0) is 54.2 Å². The van der Waals surface area contributed by atoms with Gasteiger partial charge in [0, 0.05) is 10.6 Å². The second-order valence-electron chi connectivity index (χ2n) is 7.37.